The molecule has 1 aliphatic carbocycles. The lowest BCUT2D eigenvalue weighted by molar-refractivity contribution is 0.283. The second-order valence-corrected chi connectivity index (χ2v) is 6.13. The first-order chi connectivity index (χ1) is 8.24. The number of halogens is 1. The third kappa shape index (κ3) is 2.20. The Morgan fingerprint density at radius 1 is 1.41 bits per heavy atom. The van der Waals surface area contributed by atoms with Crippen LogP contribution in [0.25, 0.3) is 11.0 Å². The number of aromatic amines is 1. The fourth-order valence-electron chi connectivity index (χ4n) is 2.45. The first kappa shape index (κ1) is 11.5. The molecule has 4 heteroatoms. The van der Waals surface area contributed by atoms with Crippen molar-refractivity contribution in [3.8, 4) is 0 Å². The Morgan fingerprint density at radius 2 is 2.24 bits per heavy atom. The van der Waals surface area contributed by atoms with E-state index in [2.05, 4.69) is 43.7 Å². The highest BCUT2D eigenvalue weighted by Crippen LogP contribution is 2.30. The van der Waals surface area contributed by atoms with Gasteiger partial charge in [-0.15, -0.1) is 0 Å². The van der Waals surface area contributed by atoms with Gasteiger partial charge in [0.1, 0.15) is 0 Å². The van der Waals surface area contributed by atoms with E-state index in [1.807, 2.05) is 0 Å². The summed E-state index contributed by atoms with van der Waals surface area (Å²) >= 11 is 8.88. The van der Waals surface area contributed by atoms with Gasteiger partial charge >= 0.3 is 0 Å². The van der Waals surface area contributed by atoms with Gasteiger partial charge in [0.15, 0.2) is 4.77 Å². The van der Waals surface area contributed by atoms with Crippen molar-refractivity contribution in [2.45, 2.75) is 32.2 Å². The van der Waals surface area contributed by atoms with Crippen LogP contribution in [0.2, 0.25) is 0 Å². The summed E-state index contributed by atoms with van der Waals surface area (Å²) in [7, 11) is 0. The number of aromatic nitrogens is 2. The lowest BCUT2D eigenvalue weighted by Gasteiger charge is -2.25. The van der Waals surface area contributed by atoms with Crippen LogP contribution in [0, 0.1) is 10.7 Å². The number of imidazole rings is 1. The van der Waals surface area contributed by atoms with Crippen LogP contribution in [0.4, 0.5) is 0 Å². The molecule has 1 saturated carbocycles. The largest absolute Gasteiger partial charge is 0.331 e. The molecule has 2 aromatic rings. The van der Waals surface area contributed by atoms with Crippen molar-refractivity contribution in [1.29, 1.82) is 0 Å². The topological polar surface area (TPSA) is 20.7 Å². The molecule has 1 aromatic heterocycles. The molecule has 3 rings (SSSR count). The molecule has 0 aliphatic heterocycles. The Balaban J connectivity index is 1.91. The summed E-state index contributed by atoms with van der Waals surface area (Å²) in [6.07, 6.45) is 5.48. The summed E-state index contributed by atoms with van der Waals surface area (Å²) in [4.78, 5) is 3.28. The predicted octanol–water partition coefficient (Wildman–Crippen LogP) is 4.65. The minimum Gasteiger partial charge on any atom is -0.331 e. The van der Waals surface area contributed by atoms with E-state index in [1.54, 1.807) is 0 Å². The van der Waals surface area contributed by atoms with E-state index in [-0.39, 0.29) is 0 Å². The van der Waals surface area contributed by atoms with E-state index >= 15 is 0 Å². The van der Waals surface area contributed by atoms with Crippen LogP contribution in [0.3, 0.4) is 0 Å². The zero-order valence-electron chi connectivity index (χ0n) is 9.58. The van der Waals surface area contributed by atoms with Gasteiger partial charge in [0, 0.05) is 11.0 Å². The number of nitrogens with one attached hydrogen (secondary N) is 1. The SMILES string of the molecule is S=c1[nH]c2cc(Br)ccc2n1CCC1CCC1. The molecule has 1 heterocycles. The zero-order chi connectivity index (χ0) is 11.8. The molecule has 1 fully saturated rings. The van der Waals surface area contributed by atoms with Crippen molar-refractivity contribution in [2.24, 2.45) is 5.92 Å². The number of fused-ring (bicyclic) bond motifs is 1. The van der Waals surface area contributed by atoms with Gasteiger partial charge in [0.05, 0.1) is 11.0 Å². The average Bonchev–Trinajstić information content (AvgIpc) is 2.52. The maximum atomic E-state index is 5.39. The summed E-state index contributed by atoms with van der Waals surface area (Å²) in [5.41, 5.74) is 2.34. The average molecular weight is 311 g/mol. The van der Waals surface area contributed by atoms with Crippen LogP contribution in [-0.4, -0.2) is 9.55 Å². The molecule has 0 spiro atoms. The van der Waals surface area contributed by atoms with Gasteiger partial charge in [0.25, 0.3) is 0 Å². The van der Waals surface area contributed by atoms with Gasteiger partial charge < -0.3 is 9.55 Å². The molecule has 0 saturated heterocycles. The van der Waals surface area contributed by atoms with Crippen LogP contribution in [0.1, 0.15) is 25.7 Å². The Bertz CT molecular complexity index is 595. The van der Waals surface area contributed by atoms with Crippen LogP contribution in [0.15, 0.2) is 22.7 Å². The smallest absolute Gasteiger partial charge is 0.178 e. The van der Waals surface area contributed by atoms with Crippen molar-refractivity contribution >= 4 is 39.2 Å². The number of H-pyrrole nitrogens is 1. The van der Waals surface area contributed by atoms with Gasteiger partial charge in [-0.25, -0.2) is 0 Å². The molecule has 17 heavy (non-hydrogen) atoms. The standard InChI is InChI=1S/C13H15BrN2S/c14-10-4-5-12-11(8-10)15-13(17)16(12)7-6-9-2-1-3-9/h4-5,8-9H,1-3,6-7H2,(H,15,17). The Morgan fingerprint density at radius 3 is 2.94 bits per heavy atom. The van der Waals surface area contributed by atoms with Gasteiger partial charge in [-0.1, -0.05) is 35.2 Å². The fourth-order valence-corrected chi connectivity index (χ4v) is 3.11. The fraction of sp³-hybridized carbons (Fsp3) is 0.462. The number of nitrogens with zero attached hydrogens (tertiary/aromatic N) is 1. The van der Waals surface area contributed by atoms with E-state index in [9.17, 15) is 0 Å². The quantitative estimate of drug-likeness (QED) is 0.818. The normalized spacial score (nSPS) is 16.3. The number of aryl methyl sites for hydroxylation is 1. The second kappa shape index (κ2) is 4.58. The summed E-state index contributed by atoms with van der Waals surface area (Å²) < 4.78 is 4.17. The van der Waals surface area contributed by atoms with Crippen LogP contribution >= 0.6 is 28.1 Å². The Hall–Kier alpha value is -0.610. The molecule has 90 valence electrons. The summed E-state index contributed by atoms with van der Waals surface area (Å²) in [6.45, 7) is 1.05. The molecule has 0 unspecified atom stereocenters. The molecule has 1 aromatic carbocycles. The monoisotopic (exact) mass is 310 g/mol. The highest BCUT2D eigenvalue weighted by Gasteiger charge is 2.17. The first-order valence-electron chi connectivity index (χ1n) is 6.12. The molecule has 1 aliphatic rings. The summed E-state index contributed by atoms with van der Waals surface area (Å²) in [6, 6.07) is 6.29. The van der Waals surface area contributed by atoms with Crippen molar-refractivity contribution in [2.75, 3.05) is 0 Å². The van der Waals surface area contributed by atoms with Gasteiger partial charge in [-0.05, 0) is 42.8 Å². The van der Waals surface area contributed by atoms with Crippen LogP contribution in [-0.2, 0) is 6.54 Å². The maximum Gasteiger partial charge on any atom is 0.178 e. The van der Waals surface area contributed by atoms with Crippen molar-refractivity contribution in [1.82, 2.24) is 9.55 Å². The molecule has 0 radical (unpaired) electrons. The van der Waals surface area contributed by atoms with Crippen molar-refractivity contribution < 1.29 is 0 Å². The molecular weight excluding hydrogens is 296 g/mol. The first-order valence-corrected chi connectivity index (χ1v) is 7.32. The Kier molecular flexibility index (Phi) is 3.09. The van der Waals surface area contributed by atoms with Gasteiger partial charge in [-0.3, -0.25) is 0 Å². The van der Waals surface area contributed by atoms with Crippen LogP contribution < -0.4 is 0 Å². The van der Waals surface area contributed by atoms with Crippen LogP contribution in [0.5, 0.6) is 0 Å². The minimum atomic E-state index is 0.845. The number of benzene rings is 1. The lowest BCUT2D eigenvalue weighted by Crippen LogP contribution is -2.13. The number of rotatable bonds is 3. The van der Waals surface area contributed by atoms with E-state index in [0.717, 1.165) is 27.2 Å². The third-order valence-corrected chi connectivity index (χ3v) is 4.54. The van der Waals surface area contributed by atoms with E-state index in [1.165, 1.54) is 31.2 Å². The lowest BCUT2D eigenvalue weighted by atomic mass is 9.83. The highest BCUT2D eigenvalue weighted by atomic mass is 79.9. The summed E-state index contributed by atoms with van der Waals surface area (Å²) in [5, 5.41) is 0. The molecule has 2 nitrogen and oxygen atoms in total. The number of hydrogen-bond donors (Lipinski definition) is 1. The minimum absolute atomic E-state index is 0.845. The highest BCUT2D eigenvalue weighted by molar-refractivity contribution is 9.10. The Labute approximate surface area is 114 Å². The van der Waals surface area contributed by atoms with E-state index in [4.69, 9.17) is 12.2 Å². The van der Waals surface area contributed by atoms with Gasteiger partial charge in [-0.2, -0.15) is 0 Å². The van der Waals surface area contributed by atoms with E-state index < -0.39 is 0 Å². The van der Waals surface area contributed by atoms with Crippen molar-refractivity contribution in [3.05, 3.63) is 27.4 Å². The third-order valence-electron chi connectivity index (χ3n) is 3.72. The maximum absolute atomic E-state index is 5.39. The van der Waals surface area contributed by atoms with E-state index in [0.29, 0.717) is 0 Å². The molecular formula is C13H15BrN2S. The molecule has 1 N–H and O–H groups in total. The molecule has 0 bridgehead atoms. The summed E-state index contributed by atoms with van der Waals surface area (Å²) in [5.74, 6) is 0.928. The number of hydrogen-bond acceptors (Lipinski definition) is 1. The predicted molar refractivity (Wildman–Crippen MR) is 76.8 cm³/mol. The van der Waals surface area contributed by atoms with Gasteiger partial charge in [0.2, 0.25) is 0 Å². The molecule has 0 amide bonds. The van der Waals surface area contributed by atoms with Crippen molar-refractivity contribution in [3.63, 3.8) is 0 Å². The molecule has 0 atom stereocenters. The second-order valence-electron chi connectivity index (χ2n) is 4.83. The zero-order valence-corrected chi connectivity index (χ0v) is 12.0.